The molecule has 0 aliphatic rings. The van der Waals surface area contributed by atoms with Gasteiger partial charge < -0.3 is 15.0 Å². The fourth-order valence-electron chi connectivity index (χ4n) is 2.72. The number of nitrogens with zero attached hydrogens (tertiary/aromatic N) is 2. The van der Waals surface area contributed by atoms with E-state index in [4.69, 9.17) is 4.74 Å². The molecule has 0 saturated heterocycles. The maximum absolute atomic E-state index is 5.22. The van der Waals surface area contributed by atoms with E-state index < -0.39 is 0 Å². The van der Waals surface area contributed by atoms with Crippen LogP contribution < -0.4 is 10.1 Å². The normalized spacial score (nSPS) is 12.7. The zero-order valence-corrected chi connectivity index (χ0v) is 16.5. The van der Waals surface area contributed by atoms with Crippen molar-refractivity contribution in [3.05, 3.63) is 52.2 Å². The first-order valence-electron chi connectivity index (χ1n) is 8.72. The molecule has 0 amide bonds. The Balaban J connectivity index is 1.75. The minimum Gasteiger partial charge on any atom is -0.497 e. The molecule has 0 saturated carbocycles. The van der Waals surface area contributed by atoms with E-state index in [9.17, 15) is 0 Å². The number of hydrogen-bond donors (Lipinski definition) is 1. The molecule has 2 rings (SSSR count). The van der Waals surface area contributed by atoms with E-state index in [1.807, 2.05) is 30.5 Å². The van der Waals surface area contributed by atoms with Gasteiger partial charge in [0.25, 0.3) is 0 Å². The Kier molecular flexibility index (Phi) is 7.79. The van der Waals surface area contributed by atoms with Gasteiger partial charge in [-0.2, -0.15) is 0 Å². The second kappa shape index (κ2) is 10.1. The molecule has 2 aromatic rings. The first kappa shape index (κ1) is 19.3. The Labute approximate surface area is 155 Å². The highest BCUT2D eigenvalue weighted by Crippen LogP contribution is 2.21. The molecule has 136 valence electrons. The van der Waals surface area contributed by atoms with E-state index in [-0.39, 0.29) is 0 Å². The molecule has 0 spiro atoms. The summed E-state index contributed by atoms with van der Waals surface area (Å²) in [6.45, 7) is 4.13. The molecule has 25 heavy (non-hydrogen) atoms. The molecule has 1 aromatic carbocycles. The summed E-state index contributed by atoms with van der Waals surface area (Å²) in [7, 11) is 5.63. The van der Waals surface area contributed by atoms with Crippen LogP contribution in [-0.4, -0.2) is 45.2 Å². The third-order valence-electron chi connectivity index (χ3n) is 4.39. The fraction of sp³-hybridized carbons (Fsp3) is 0.450. The van der Waals surface area contributed by atoms with Crippen molar-refractivity contribution >= 4 is 17.3 Å². The lowest BCUT2D eigenvalue weighted by molar-refractivity contribution is 0.414. The number of benzene rings is 1. The number of guanidine groups is 1. The van der Waals surface area contributed by atoms with E-state index in [1.165, 1.54) is 10.4 Å². The average molecular weight is 360 g/mol. The van der Waals surface area contributed by atoms with E-state index in [1.54, 1.807) is 7.11 Å². The largest absolute Gasteiger partial charge is 0.497 e. The number of aliphatic imine (C=N–C) groups is 1. The van der Waals surface area contributed by atoms with Gasteiger partial charge in [-0.1, -0.05) is 25.1 Å². The Morgan fingerprint density at radius 3 is 2.64 bits per heavy atom. The molecule has 0 aliphatic heterocycles. The van der Waals surface area contributed by atoms with Crippen molar-refractivity contribution in [2.45, 2.75) is 25.7 Å². The van der Waals surface area contributed by atoms with E-state index in [0.717, 1.165) is 37.6 Å². The van der Waals surface area contributed by atoms with Gasteiger partial charge >= 0.3 is 0 Å². The van der Waals surface area contributed by atoms with Crippen LogP contribution in [0, 0.1) is 0 Å². The number of hydrogen-bond acceptors (Lipinski definition) is 3. The SMILES string of the molecule is CN=C(NCCC(C)c1ccc(OC)cc1)N(C)CCc1cccs1. The molecular formula is C20H29N3OS. The van der Waals surface area contributed by atoms with Gasteiger partial charge in [-0.25, -0.2) is 0 Å². The minimum absolute atomic E-state index is 0.493. The Hall–Kier alpha value is -2.01. The molecule has 0 aliphatic carbocycles. The molecule has 4 nitrogen and oxygen atoms in total. The van der Waals surface area contributed by atoms with Gasteiger partial charge in [0.15, 0.2) is 5.96 Å². The first-order chi connectivity index (χ1) is 12.1. The molecule has 0 fully saturated rings. The van der Waals surface area contributed by atoms with Crippen molar-refractivity contribution in [1.29, 1.82) is 0 Å². The van der Waals surface area contributed by atoms with Crippen molar-refractivity contribution in [3.63, 3.8) is 0 Å². The summed E-state index contributed by atoms with van der Waals surface area (Å²) >= 11 is 1.81. The number of methoxy groups -OCH3 is 1. The van der Waals surface area contributed by atoms with Gasteiger partial charge in [-0.3, -0.25) is 4.99 Å². The van der Waals surface area contributed by atoms with Gasteiger partial charge in [0.05, 0.1) is 7.11 Å². The highest BCUT2D eigenvalue weighted by molar-refractivity contribution is 7.09. The van der Waals surface area contributed by atoms with Crippen LogP contribution in [0.4, 0.5) is 0 Å². The summed E-state index contributed by atoms with van der Waals surface area (Å²) in [4.78, 5) is 8.00. The lowest BCUT2D eigenvalue weighted by Gasteiger charge is -2.22. The molecular weight excluding hydrogens is 330 g/mol. The van der Waals surface area contributed by atoms with Crippen LogP contribution in [0.15, 0.2) is 46.8 Å². The molecule has 1 N–H and O–H groups in total. The van der Waals surface area contributed by atoms with Crippen molar-refractivity contribution in [2.75, 3.05) is 34.3 Å². The van der Waals surface area contributed by atoms with Crippen LogP contribution in [0.5, 0.6) is 5.75 Å². The van der Waals surface area contributed by atoms with Gasteiger partial charge in [0.2, 0.25) is 0 Å². The second-order valence-electron chi connectivity index (χ2n) is 6.19. The van der Waals surface area contributed by atoms with Crippen molar-refractivity contribution in [3.8, 4) is 5.75 Å². The van der Waals surface area contributed by atoms with E-state index in [0.29, 0.717) is 5.92 Å². The van der Waals surface area contributed by atoms with Crippen LogP contribution >= 0.6 is 11.3 Å². The molecule has 5 heteroatoms. The van der Waals surface area contributed by atoms with Crippen molar-refractivity contribution in [2.24, 2.45) is 4.99 Å². The molecule has 0 radical (unpaired) electrons. The summed E-state index contributed by atoms with van der Waals surface area (Å²) in [5.74, 6) is 2.35. The quantitative estimate of drug-likeness (QED) is 0.572. The number of rotatable bonds is 8. The molecule has 1 heterocycles. The highest BCUT2D eigenvalue weighted by Gasteiger charge is 2.09. The fourth-order valence-corrected chi connectivity index (χ4v) is 3.42. The van der Waals surface area contributed by atoms with Gasteiger partial charge in [-0.05, 0) is 47.9 Å². The number of ether oxygens (including phenoxy) is 1. The van der Waals surface area contributed by atoms with Crippen LogP contribution in [-0.2, 0) is 6.42 Å². The minimum atomic E-state index is 0.493. The Morgan fingerprint density at radius 2 is 2.04 bits per heavy atom. The van der Waals surface area contributed by atoms with Gasteiger partial charge in [0, 0.05) is 32.1 Å². The first-order valence-corrected chi connectivity index (χ1v) is 9.60. The van der Waals surface area contributed by atoms with Crippen LogP contribution in [0.1, 0.15) is 29.7 Å². The molecule has 1 aromatic heterocycles. The molecule has 0 bridgehead atoms. The Morgan fingerprint density at radius 1 is 1.28 bits per heavy atom. The van der Waals surface area contributed by atoms with E-state index in [2.05, 4.69) is 58.8 Å². The second-order valence-corrected chi connectivity index (χ2v) is 7.22. The van der Waals surface area contributed by atoms with E-state index >= 15 is 0 Å². The number of thiophene rings is 1. The van der Waals surface area contributed by atoms with Crippen molar-refractivity contribution < 1.29 is 4.74 Å². The molecule has 1 atom stereocenters. The van der Waals surface area contributed by atoms with Gasteiger partial charge in [-0.15, -0.1) is 11.3 Å². The van der Waals surface area contributed by atoms with Crippen LogP contribution in [0.3, 0.4) is 0 Å². The predicted octanol–water partition coefficient (Wildman–Crippen LogP) is 4.00. The van der Waals surface area contributed by atoms with Crippen molar-refractivity contribution in [1.82, 2.24) is 10.2 Å². The lowest BCUT2D eigenvalue weighted by Crippen LogP contribution is -2.40. The zero-order chi connectivity index (χ0) is 18.1. The Bertz CT molecular complexity index is 637. The third-order valence-corrected chi connectivity index (χ3v) is 5.33. The predicted molar refractivity (Wildman–Crippen MR) is 108 cm³/mol. The maximum Gasteiger partial charge on any atom is 0.193 e. The lowest BCUT2D eigenvalue weighted by atomic mass is 9.98. The average Bonchev–Trinajstić information content (AvgIpc) is 3.16. The summed E-state index contributed by atoms with van der Waals surface area (Å²) in [6.07, 6.45) is 2.11. The topological polar surface area (TPSA) is 36.9 Å². The third kappa shape index (κ3) is 6.09. The standard InChI is InChI=1S/C20H29N3OS/c1-16(17-7-9-18(24-4)10-8-17)11-13-22-20(21-2)23(3)14-12-19-6-5-15-25-19/h5-10,15-16H,11-14H2,1-4H3,(H,21,22). The summed E-state index contributed by atoms with van der Waals surface area (Å²) in [6, 6.07) is 12.6. The summed E-state index contributed by atoms with van der Waals surface area (Å²) in [5, 5.41) is 5.61. The molecule has 1 unspecified atom stereocenters. The summed E-state index contributed by atoms with van der Waals surface area (Å²) in [5.41, 5.74) is 1.34. The zero-order valence-electron chi connectivity index (χ0n) is 15.7. The maximum atomic E-state index is 5.22. The number of nitrogens with one attached hydrogen (secondary N) is 1. The van der Waals surface area contributed by atoms with Crippen LogP contribution in [0.25, 0.3) is 0 Å². The van der Waals surface area contributed by atoms with Gasteiger partial charge in [0.1, 0.15) is 5.75 Å². The summed E-state index contributed by atoms with van der Waals surface area (Å²) < 4.78 is 5.22. The monoisotopic (exact) mass is 359 g/mol. The number of likely N-dealkylation sites (N-methyl/N-ethyl adjacent to an activating group) is 1. The van der Waals surface area contributed by atoms with Crippen LogP contribution in [0.2, 0.25) is 0 Å². The highest BCUT2D eigenvalue weighted by atomic mass is 32.1. The smallest absolute Gasteiger partial charge is 0.193 e.